The summed E-state index contributed by atoms with van der Waals surface area (Å²) in [7, 11) is -3.84. The van der Waals surface area contributed by atoms with Crippen molar-refractivity contribution in [1.82, 2.24) is 20.1 Å². The van der Waals surface area contributed by atoms with Gasteiger partial charge in [0, 0.05) is 25.7 Å². The molecule has 124 valence electrons. The maximum absolute atomic E-state index is 12.4. The second-order valence-corrected chi connectivity index (χ2v) is 7.29. The molecule has 2 rings (SSSR count). The van der Waals surface area contributed by atoms with Crippen molar-refractivity contribution in [3.05, 3.63) is 11.5 Å². The summed E-state index contributed by atoms with van der Waals surface area (Å²) in [5, 5.41) is 6.87. The summed E-state index contributed by atoms with van der Waals surface area (Å²) in [6.45, 7) is 8.45. The van der Waals surface area contributed by atoms with Crippen molar-refractivity contribution < 1.29 is 17.7 Å². The molecule has 0 radical (unpaired) electrons. The van der Waals surface area contributed by atoms with E-state index in [-0.39, 0.29) is 28.3 Å². The van der Waals surface area contributed by atoms with Crippen LogP contribution in [0.1, 0.15) is 25.3 Å². The van der Waals surface area contributed by atoms with Gasteiger partial charge in [0.25, 0.3) is 0 Å². The number of sulfonamides is 1. The standard InChI is InChI=1S/C13H22N4O4S/c1-8-7-17(6-5-14-8)13(18)10(3)16-22(19,20)12-9(2)15-21-11(12)4/h8,10,14,16H,5-7H2,1-4H3. The largest absolute Gasteiger partial charge is 0.360 e. The maximum Gasteiger partial charge on any atom is 0.246 e. The van der Waals surface area contributed by atoms with E-state index in [9.17, 15) is 13.2 Å². The van der Waals surface area contributed by atoms with Gasteiger partial charge in [-0.05, 0) is 27.7 Å². The van der Waals surface area contributed by atoms with Gasteiger partial charge in [-0.1, -0.05) is 5.16 Å². The third-order valence-corrected chi connectivity index (χ3v) is 5.40. The summed E-state index contributed by atoms with van der Waals surface area (Å²) in [5.41, 5.74) is 0.278. The lowest BCUT2D eigenvalue weighted by atomic mass is 10.2. The first-order valence-corrected chi connectivity index (χ1v) is 8.68. The molecule has 1 fully saturated rings. The van der Waals surface area contributed by atoms with Crippen LogP contribution in [-0.2, 0) is 14.8 Å². The summed E-state index contributed by atoms with van der Waals surface area (Å²) in [4.78, 5) is 14.1. The van der Waals surface area contributed by atoms with Crippen LogP contribution in [0, 0.1) is 13.8 Å². The van der Waals surface area contributed by atoms with Gasteiger partial charge in [0.15, 0.2) is 5.76 Å². The Bertz CT molecular complexity index is 635. The van der Waals surface area contributed by atoms with Crippen molar-refractivity contribution in [3.8, 4) is 0 Å². The van der Waals surface area contributed by atoms with Gasteiger partial charge in [-0.2, -0.15) is 4.72 Å². The molecule has 2 unspecified atom stereocenters. The number of aryl methyl sites for hydroxylation is 2. The SMILES string of the molecule is Cc1noc(C)c1S(=O)(=O)NC(C)C(=O)N1CCNC(C)C1. The van der Waals surface area contributed by atoms with E-state index in [0.29, 0.717) is 19.6 Å². The Kier molecular flexibility index (Phi) is 4.88. The number of hydrogen-bond acceptors (Lipinski definition) is 6. The highest BCUT2D eigenvalue weighted by atomic mass is 32.2. The van der Waals surface area contributed by atoms with E-state index in [1.807, 2.05) is 6.92 Å². The molecule has 2 heterocycles. The van der Waals surface area contributed by atoms with E-state index >= 15 is 0 Å². The molecule has 0 aliphatic carbocycles. The van der Waals surface area contributed by atoms with Gasteiger partial charge in [0.2, 0.25) is 15.9 Å². The third-order valence-electron chi connectivity index (χ3n) is 3.62. The highest BCUT2D eigenvalue weighted by molar-refractivity contribution is 7.89. The Morgan fingerprint density at radius 3 is 2.73 bits per heavy atom. The molecule has 0 aromatic carbocycles. The van der Waals surface area contributed by atoms with Crippen molar-refractivity contribution in [1.29, 1.82) is 0 Å². The van der Waals surface area contributed by atoms with Crippen LogP contribution >= 0.6 is 0 Å². The van der Waals surface area contributed by atoms with Crippen molar-refractivity contribution >= 4 is 15.9 Å². The fraction of sp³-hybridized carbons (Fsp3) is 0.692. The zero-order valence-corrected chi connectivity index (χ0v) is 14.0. The molecule has 0 bridgehead atoms. The van der Waals surface area contributed by atoms with Crippen LogP contribution < -0.4 is 10.0 Å². The number of carbonyl (C=O) groups is 1. The second kappa shape index (κ2) is 6.35. The second-order valence-electron chi connectivity index (χ2n) is 5.64. The van der Waals surface area contributed by atoms with Crippen LogP contribution in [-0.4, -0.2) is 56.1 Å². The molecule has 1 aliphatic rings. The maximum atomic E-state index is 12.4. The Hall–Kier alpha value is -1.45. The summed E-state index contributed by atoms with van der Waals surface area (Å²) < 4.78 is 32.1. The van der Waals surface area contributed by atoms with Crippen LogP contribution in [0.15, 0.2) is 9.42 Å². The summed E-state index contributed by atoms with van der Waals surface area (Å²) in [6, 6.07) is -0.645. The van der Waals surface area contributed by atoms with Gasteiger partial charge in [0.05, 0.1) is 6.04 Å². The van der Waals surface area contributed by atoms with Crippen LogP contribution in [0.5, 0.6) is 0 Å². The highest BCUT2D eigenvalue weighted by Gasteiger charge is 2.31. The van der Waals surface area contributed by atoms with E-state index < -0.39 is 16.1 Å². The minimum absolute atomic E-state index is 0.000767. The normalized spacial score (nSPS) is 20.9. The first-order valence-electron chi connectivity index (χ1n) is 7.19. The molecule has 1 amide bonds. The summed E-state index contributed by atoms with van der Waals surface area (Å²) in [6.07, 6.45) is 0. The Morgan fingerprint density at radius 2 is 2.18 bits per heavy atom. The number of aromatic nitrogens is 1. The molecule has 0 saturated carbocycles. The molecule has 1 aromatic heterocycles. The van der Waals surface area contributed by atoms with Gasteiger partial charge in [-0.15, -0.1) is 0 Å². The third kappa shape index (κ3) is 3.47. The van der Waals surface area contributed by atoms with E-state index in [4.69, 9.17) is 4.52 Å². The lowest BCUT2D eigenvalue weighted by Gasteiger charge is -2.33. The molecule has 2 atom stereocenters. The number of hydrogen-bond donors (Lipinski definition) is 2. The number of amides is 1. The number of nitrogens with zero attached hydrogens (tertiary/aromatic N) is 2. The van der Waals surface area contributed by atoms with E-state index in [2.05, 4.69) is 15.2 Å². The first-order chi connectivity index (χ1) is 10.2. The molecule has 8 nitrogen and oxygen atoms in total. The molecule has 1 saturated heterocycles. The molecule has 9 heteroatoms. The van der Waals surface area contributed by atoms with Crippen molar-refractivity contribution in [2.75, 3.05) is 19.6 Å². The quantitative estimate of drug-likeness (QED) is 0.791. The molecular weight excluding hydrogens is 308 g/mol. The fourth-order valence-electron chi connectivity index (χ4n) is 2.61. The smallest absolute Gasteiger partial charge is 0.246 e. The Balaban J connectivity index is 2.10. The summed E-state index contributed by atoms with van der Waals surface area (Å²) in [5.74, 6) is -0.0240. The average molecular weight is 330 g/mol. The minimum atomic E-state index is -3.84. The number of piperazine rings is 1. The van der Waals surface area contributed by atoms with Crippen molar-refractivity contribution in [3.63, 3.8) is 0 Å². The zero-order chi connectivity index (χ0) is 16.5. The molecule has 0 spiro atoms. The fourth-order valence-corrected chi connectivity index (χ4v) is 4.13. The lowest BCUT2D eigenvalue weighted by molar-refractivity contribution is -0.133. The van der Waals surface area contributed by atoms with Gasteiger partial charge in [0.1, 0.15) is 10.6 Å². The highest BCUT2D eigenvalue weighted by Crippen LogP contribution is 2.19. The van der Waals surface area contributed by atoms with E-state index in [0.717, 1.165) is 0 Å². The average Bonchev–Trinajstić information content (AvgIpc) is 2.77. The molecule has 22 heavy (non-hydrogen) atoms. The van der Waals surface area contributed by atoms with Gasteiger partial charge >= 0.3 is 0 Å². The Morgan fingerprint density at radius 1 is 1.50 bits per heavy atom. The minimum Gasteiger partial charge on any atom is -0.360 e. The van der Waals surface area contributed by atoms with Crippen LogP contribution in [0.4, 0.5) is 0 Å². The topological polar surface area (TPSA) is 105 Å². The zero-order valence-electron chi connectivity index (χ0n) is 13.2. The van der Waals surface area contributed by atoms with Crippen molar-refractivity contribution in [2.24, 2.45) is 0 Å². The first kappa shape index (κ1) is 16.9. The van der Waals surface area contributed by atoms with Gasteiger partial charge in [-0.25, -0.2) is 8.42 Å². The van der Waals surface area contributed by atoms with Gasteiger partial charge < -0.3 is 14.7 Å². The molecule has 1 aliphatic heterocycles. The van der Waals surface area contributed by atoms with E-state index in [1.54, 1.807) is 18.7 Å². The monoisotopic (exact) mass is 330 g/mol. The molecular formula is C13H22N4O4S. The molecule has 1 aromatic rings. The predicted molar refractivity (Wildman–Crippen MR) is 79.8 cm³/mol. The lowest BCUT2D eigenvalue weighted by Crippen LogP contribution is -2.56. The van der Waals surface area contributed by atoms with Crippen LogP contribution in [0.3, 0.4) is 0 Å². The number of carbonyl (C=O) groups excluding carboxylic acids is 1. The van der Waals surface area contributed by atoms with Crippen LogP contribution in [0.25, 0.3) is 0 Å². The van der Waals surface area contributed by atoms with Crippen LogP contribution in [0.2, 0.25) is 0 Å². The molecule has 2 N–H and O–H groups in total. The Labute approximate surface area is 130 Å². The number of rotatable bonds is 4. The number of nitrogens with one attached hydrogen (secondary N) is 2. The predicted octanol–water partition coefficient (Wildman–Crippen LogP) is -0.221. The summed E-state index contributed by atoms with van der Waals surface area (Å²) >= 11 is 0. The van der Waals surface area contributed by atoms with E-state index in [1.165, 1.54) is 6.92 Å². The van der Waals surface area contributed by atoms with Gasteiger partial charge in [-0.3, -0.25) is 4.79 Å². The van der Waals surface area contributed by atoms with Crippen molar-refractivity contribution in [2.45, 2.75) is 44.7 Å².